The molecule has 180 valence electrons. The van der Waals surface area contributed by atoms with E-state index in [4.69, 9.17) is 18.6 Å². The Balaban J connectivity index is 1.73. The second-order valence-corrected chi connectivity index (χ2v) is 15.1. The highest BCUT2D eigenvalue weighted by Gasteiger charge is 2.49. The maximum atomic E-state index is 11.8. The summed E-state index contributed by atoms with van der Waals surface area (Å²) >= 11 is 0. The van der Waals surface area contributed by atoms with Crippen LogP contribution in [-0.4, -0.2) is 57.2 Å². The summed E-state index contributed by atoms with van der Waals surface area (Å²) in [5, 5.41) is 9.72. The van der Waals surface area contributed by atoms with Crippen LogP contribution in [0.15, 0.2) is 0 Å². The van der Waals surface area contributed by atoms with Crippen molar-refractivity contribution < 1.29 is 28.5 Å². The molecule has 7 atom stereocenters. The Morgan fingerprint density at radius 3 is 2.58 bits per heavy atom. The van der Waals surface area contributed by atoms with Crippen LogP contribution in [0.2, 0.25) is 19.1 Å². The highest BCUT2D eigenvalue weighted by Crippen LogP contribution is 2.45. The molecule has 2 aliphatic heterocycles. The zero-order valence-corrected chi connectivity index (χ0v) is 21.2. The van der Waals surface area contributed by atoms with Crippen molar-refractivity contribution in [3.05, 3.63) is 0 Å². The summed E-state index contributed by atoms with van der Waals surface area (Å²) in [5.41, 5.74) is 0. The summed E-state index contributed by atoms with van der Waals surface area (Å²) in [6.07, 6.45) is 6.04. The molecule has 0 amide bonds. The molecule has 1 N–H and O–H groups in total. The number of aliphatic carboxylic acids is 1. The van der Waals surface area contributed by atoms with Gasteiger partial charge in [-0.1, -0.05) is 20.8 Å². The van der Waals surface area contributed by atoms with Gasteiger partial charge < -0.3 is 23.7 Å². The zero-order chi connectivity index (χ0) is 22.6. The molecule has 0 spiro atoms. The Kier molecular flexibility index (Phi) is 9.01. The molecule has 0 aromatic heterocycles. The van der Waals surface area contributed by atoms with Gasteiger partial charge in [0.05, 0.1) is 24.2 Å². The lowest BCUT2D eigenvalue weighted by atomic mass is 9.87. The van der Waals surface area contributed by atoms with Gasteiger partial charge in [-0.05, 0) is 69.5 Å². The van der Waals surface area contributed by atoms with Crippen LogP contribution in [0.5, 0.6) is 0 Å². The third kappa shape index (κ3) is 6.76. The summed E-state index contributed by atoms with van der Waals surface area (Å²) in [6, 6.07) is 1.14. The van der Waals surface area contributed by atoms with E-state index in [0.717, 1.165) is 51.2 Å². The molecule has 2 unspecified atom stereocenters. The first-order valence-corrected chi connectivity index (χ1v) is 15.6. The molecule has 3 rings (SSSR count). The SMILES string of the molecule is CCC1O[C@H]2C[C@@H](OC3CCCCO3)[C@H](CO[Si](C)(C)CC(C)C)[C@H]2CC[C@@H]1C(=O)O. The summed E-state index contributed by atoms with van der Waals surface area (Å²) in [7, 11) is -1.76. The van der Waals surface area contributed by atoms with Gasteiger partial charge in [-0.15, -0.1) is 0 Å². The Morgan fingerprint density at radius 2 is 1.97 bits per heavy atom. The number of carbonyl (C=O) groups is 1. The Bertz CT molecular complexity index is 576. The summed E-state index contributed by atoms with van der Waals surface area (Å²) in [6.45, 7) is 12.6. The van der Waals surface area contributed by atoms with Crippen molar-refractivity contribution in [2.24, 2.45) is 23.7 Å². The third-order valence-corrected chi connectivity index (χ3v) is 10.1. The number of fused-ring (bicyclic) bond motifs is 1. The predicted molar refractivity (Wildman–Crippen MR) is 122 cm³/mol. The van der Waals surface area contributed by atoms with E-state index < -0.39 is 20.2 Å². The monoisotopic (exact) mass is 456 g/mol. The number of ether oxygens (including phenoxy) is 3. The van der Waals surface area contributed by atoms with E-state index in [1.165, 1.54) is 0 Å². The zero-order valence-electron chi connectivity index (χ0n) is 20.2. The van der Waals surface area contributed by atoms with E-state index in [1.54, 1.807) is 0 Å². The van der Waals surface area contributed by atoms with E-state index in [1.807, 2.05) is 6.92 Å². The lowest BCUT2D eigenvalue weighted by Gasteiger charge is -2.33. The number of carboxylic acids is 1. The number of rotatable bonds is 9. The average molecular weight is 457 g/mol. The van der Waals surface area contributed by atoms with Crippen molar-refractivity contribution in [3.63, 3.8) is 0 Å². The van der Waals surface area contributed by atoms with Gasteiger partial charge in [0.2, 0.25) is 0 Å². The molecule has 0 radical (unpaired) electrons. The second-order valence-electron chi connectivity index (χ2n) is 10.8. The van der Waals surface area contributed by atoms with E-state index in [-0.39, 0.29) is 36.4 Å². The second kappa shape index (κ2) is 11.1. The van der Waals surface area contributed by atoms with E-state index in [9.17, 15) is 9.90 Å². The smallest absolute Gasteiger partial charge is 0.309 e. The topological polar surface area (TPSA) is 74.2 Å². The number of carboxylic acid groups (broad SMARTS) is 1. The highest BCUT2D eigenvalue weighted by molar-refractivity contribution is 6.71. The van der Waals surface area contributed by atoms with Crippen molar-refractivity contribution in [2.75, 3.05) is 13.2 Å². The Labute approximate surface area is 189 Å². The quantitative estimate of drug-likeness (QED) is 0.488. The third-order valence-electron chi connectivity index (χ3n) is 7.33. The van der Waals surface area contributed by atoms with Gasteiger partial charge in [-0.3, -0.25) is 4.79 Å². The van der Waals surface area contributed by atoms with E-state index >= 15 is 0 Å². The summed E-state index contributed by atoms with van der Waals surface area (Å²) < 4.78 is 25.5. The van der Waals surface area contributed by atoms with Crippen LogP contribution >= 0.6 is 0 Å². The molecule has 31 heavy (non-hydrogen) atoms. The molecule has 1 saturated carbocycles. The van der Waals surface area contributed by atoms with Crippen molar-refractivity contribution in [1.82, 2.24) is 0 Å². The fraction of sp³-hybridized carbons (Fsp3) is 0.958. The molecule has 2 saturated heterocycles. The van der Waals surface area contributed by atoms with Gasteiger partial charge >= 0.3 is 5.97 Å². The van der Waals surface area contributed by atoms with Gasteiger partial charge in [0.1, 0.15) is 0 Å². The molecule has 2 heterocycles. The normalized spacial score (nSPS) is 36.9. The fourth-order valence-corrected chi connectivity index (χ4v) is 8.72. The van der Waals surface area contributed by atoms with Crippen LogP contribution in [-0.2, 0) is 23.4 Å². The van der Waals surface area contributed by atoms with Crippen LogP contribution in [0, 0.1) is 23.7 Å². The van der Waals surface area contributed by atoms with Crippen LogP contribution in [0.1, 0.15) is 65.7 Å². The standard InChI is InChI=1S/C24H44O6Si/c1-6-20-18(24(25)26)11-10-17-19(14-28-31(4,5)15-16(2)3)22(13-21(17)29-20)30-23-9-7-8-12-27-23/h16-23H,6-15H2,1-5H3,(H,25,26)/t17-,18+,19-,20?,21+,22-,23?/m1/s1. The molecule has 7 heteroatoms. The maximum Gasteiger partial charge on any atom is 0.309 e. The van der Waals surface area contributed by atoms with Crippen molar-refractivity contribution in [1.29, 1.82) is 0 Å². The van der Waals surface area contributed by atoms with Crippen molar-refractivity contribution in [3.8, 4) is 0 Å². The van der Waals surface area contributed by atoms with Crippen LogP contribution in [0.25, 0.3) is 0 Å². The first kappa shape index (κ1) is 25.2. The molecular formula is C24H44O6Si. The van der Waals surface area contributed by atoms with Gasteiger partial charge in [0.15, 0.2) is 14.6 Å². The van der Waals surface area contributed by atoms with Gasteiger partial charge in [-0.25, -0.2) is 0 Å². The average Bonchev–Trinajstić information content (AvgIpc) is 2.89. The molecule has 3 fully saturated rings. The highest BCUT2D eigenvalue weighted by atomic mass is 28.4. The minimum absolute atomic E-state index is 0.0476. The van der Waals surface area contributed by atoms with E-state index in [0.29, 0.717) is 18.9 Å². The van der Waals surface area contributed by atoms with Gasteiger partial charge in [0, 0.05) is 25.6 Å². The summed E-state index contributed by atoms with van der Waals surface area (Å²) in [4.78, 5) is 11.8. The van der Waals surface area contributed by atoms with Crippen molar-refractivity contribution in [2.45, 2.75) is 109 Å². The lowest BCUT2D eigenvalue weighted by Crippen LogP contribution is -2.39. The Hall–Kier alpha value is -0.473. The van der Waals surface area contributed by atoms with Gasteiger partial charge in [-0.2, -0.15) is 0 Å². The lowest BCUT2D eigenvalue weighted by molar-refractivity contribution is -0.198. The Morgan fingerprint density at radius 1 is 1.19 bits per heavy atom. The molecule has 6 nitrogen and oxygen atoms in total. The number of hydrogen-bond donors (Lipinski definition) is 1. The fourth-order valence-electron chi connectivity index (χ4n) is 5.99. The first-order valence-electron chi connectivity index (χ1n) is 12.5. The van der Waals surface area contributed by atoms with Crippen LogP contribution in [0.4, 0.5) is 0 Å². The molecule has 1 aliphatic carbocycles. The maximum absolute atomic E-state index is 11.8. The largest absolute Gasteiger partial charge is 0.481 e. The minimum Gasteiger partial charge on any atom is -0.481 e. The molecule has 0 bridgehead atoms. The molecule has 0 aromatic rings. The van der Waals surface area contributed by atoms with E-state index in [2.05, 4.69) is 26.9 Å². The molecule has 0 aromatic carbocycles. The number of hydrogen-bond acceptors (Lipinski definition) is 5. The first-order chi connectivity index (χ1) is 14.7. The molecular weight excluding hydrogens is 412 g/mol. The minimum atomic E-state index is -1.76. The van der Waals surface area contributed by atoms with Crippen LogP contribution < -0.4 is 0 Å². The summed E-state index contributed by atoms with van der Waals surface area (Å²) in [5.74, 6) is 0.0114. The molecule has 3 aliphatic rings. The predicted octanol–water partition coefficient (Wildman–Crippen LogP) is 5.07. The van der Waals surface area contributed by atoms with Crippen molar-refractivity contribution >= 4 is 14.3 Å². The van der Waals surface area contributed by atoms with Crippen LogP contribution in [0.3, 0.4) is 0 Å². The van der Waals surface area contributed by atoms with Gasteiger partial charge in [0.25, 0.3) is 0 Å².